The lowest BCUT2D eigenvalue weighted by Crippen LogP contribution is -2.32. The van der Waals surface area contributed by atoms with Gasteiger partial charge in [-0.25, -0.2) is 9.82 Å². The van der Waals surface area contributed by atoms with E-state index in [4.69, 9.17) is 4.74 Å². The summed E-state index contributed by atoms with van der Waals surface area (Å²) in [6.07, 6.45) is 0.306. The van der Waals surface area contributed by atoms with Crippen LogP contribution in [0.15, 0.2) is 21.7 Å². The van der Waals surface area contributed by atoms with Crippen molar-refractivity contribution in [1.29, 1.82) is 0 Å². The van der Waals surface area contributed by atoms with Crippen LogP contribution in [0, 0.1) is 11.7 Å². The molecule has 0 bridgehead atoms. The summed E-state index contributed by atoms with van der Waals surface area (Å²) in [4.78, 5) is 22.1. The number of nitrogens with zero attached hydrogens (tertiary/aromatic N) is 1. The lowest BCUT2D eigenvalue weighted by molar-refractivity contribution is -0.122. The predicted octanol–water partition coefficient (Wildman–Crippen LogP) is 2.42. The van der Waals surface area contributed by atoms with Gasteiger partial charge in [0.15, 0.2) is 17.3 Å². The number of ether oxygens (including phenoxy) is 1. The van der Waals surface area contributed by atoms with Crippen molar-refractivity contribution in [1.82, 2.24) is 5.43 Å². The van der Waals surface area contributed by atoms with Crippen LogP contribution in [0.1, 0.15) is 25.8 Å². The first kappa shape index (κ1) is 15.6. The Morgan fingerprint density at radius 1 is 1.57 bits per heavy atom. The van der Waals surface area contributed by atoms with E-state index in [9.17, 15) is 14.0 Å². The number of benzene rings is 1. The molecule has 1 aromatic rings. The third-order valence-corrected chi connectivity index (χ3v) is 3.56. The lowest BCUT2D eigenvalue weighted by atomic mass is 9.94. The van der Waals surface area contributed by atoms with E-state index in [1.807, 2.05) is 6.92 Å². The Balaban J connectivity index is 2.31. The van der Waals surface area contributed by atoms with Gasteiger partial charge >= 0.3 is 0 Å². The van der Waals surface area contributed by atoms with E-state index in [0.29, 0.717) is 22.2 Å². The molecule has 5 nitrogen and oxygen atoms in total. The van der Waals surface area contributed by atoms with Gasteiger partial charge in [0.25, 0.3) is 0 Å². The molecule has 0 aliphatic carbocycles. The molecule has 1 aliphatic heterocycles. The Labute approximate surface area is 129 Å². The van der Waals surface area contributed by atoms with Crippen molar-refractivity contribution in [3.63, 3.8) is 0 Å². The number of carbonyl (C=O) groups excluding carboxylic acids is 2. The number of nitrogens with one attached hydrogen (secondary N) is 1. The molecule has 1 atom stereocenters. The molecule has 0 fully saturated rings. The van der Waals surface area contributed by atoms with E-state index in [0.717, 1.165) is 0 Å². The summed E-state index contributed by atoms with van der Waals surface area (Å²) in [5.41, 5.74) is 3.55. The Morgan fingerprint density at radius 2 is 2.29 bits per heavy atom. The molecule has 1 N–H and O–H groups in total. The molecule has 1 amide bonds. The van der Waals surface area contributed by atoms with Crippen LogP contribution in [-0.2, 0) is 9.59 Å². The first-order chi connectivity index (χ1) is 9.88. The molecule has 21 heavy (non-hydrogen) atoms. The van der Waals surface area contributed by atoms with Crippen molar-refractivity contribution in [2.75, 3.05) is 6.61 Å². The quantitative estimate of drug-likeness (QED) is 0.900. The molecule has 0 saturated heterocycles. The van der Waals surface area contributed by atoms with E-state index in [1.165, 1.54) is 13.0 Å². The zero-order chi connectivity index (χ0) is 15.6. The maximum Gasteiger partial charge on any atom is 0.240 e. The molecule has 1 aromatic carbocycles. The second-order valence-electron chi connectivity index (χ2n) is 4.90. The normalized spacial score (nSPS) is 18.0. The van der Waals surface area contributed by atoms with Gasteiger partial charge < -0.3 is 4.74 Å². The minimum absolute atomic E-state index is 0.0120. The van der Waals surface area contributed by atoms with Gasteiger partial charge in [0.2, 0.25) is 5.91 Å². The number of halogens is 2. The van der Waals surface area contributed by atoms with Crippen molar-refractivity contribution >= 4 is 33.3 Å². The van der Waals surface area contributed by atoms with Gasteiger partial charge in [0.1, 0.15) is 6.61 Å². The molecule has 112 valence electrons. The highest BCUT2D eigenvalue weighted by atomic mass is 79.9. The van der Waals surface area contributed by atoms with Gasteiger partial charge in [-0.15, -0.1) is 0 Å². The highest BCUT2D eigenvalue weighted by molar-refractivity contribution is 9.10. The molecule has 0 aromatic heterocycles. The Kier molecular flexibility index (Phi) is 4.72. The molecule has 7 heteroatoms. The van der Waals surface area contributed by atoms with Gasteiger partial charge in [0.05, 0.1) is 10.2 Å². The molecule has 1 heterocycles. The Morgan fingerprint density at radius 3 is 2.86 bits per heavy atom. The van der Waals surface area contributed by atoms with Crippen molar-refractivity contribution < 1.29 is 18.7 Å². The zero-order valence-corrected chi connectivity index (χ0v) is 13.2. The monoisotopic (exact) mass is 356 g/mol. The van der Waals surface area contributed by atoms with Crippen LogP contribution in [-0.4, -0.2) is 24.0 Å². The number of ketones is 1. The second kappa shape index (κ2) is 6.34. The Hall–Kier alpha value is -1.76. The van der Waals surface area contributed by atoms with Crippen LogP contribution in [0.5, 0.6) is 5.75 Å². The summed E-state index contributed by atoms with van der Waals surface area (Å²) in [6.45, 7) is 3.02. The number of Topliss-reactive ketones (excluding diaryl/α,β-unsaturated/α-hetero) is 1. The molecule has 2 rings (SSSR count). The molecule has 1 aliphatic rings. The molecule has 0 radical (unpaired) electrons. The van der Waals surface area contributed by atoms with E-state index in [-0.39, 0.29) is 30.0 Å². The highest BCUT2D eigenvalue weighted by Crippen LogP contribution is 2.31. The average molecular weight is 357 g/mol. The third kappa shape index (κ3) is 3.66. The van der Waals surface area contributed by atoms with E-state index in [1.54, 1.807) is 6.07 Å². The number of carbonyl (C=O) groups is 2. The van der Waals surface area contributed by atoms with Crippen molar-refractivity contribution in [3.05, 3.63) is 28.0 Å². The van der Waals surface area contributed by atoms with Crippen LogP contribution >= 0.6 is 15.9 Å². The summed E-state index contributed by atoms with van der Waals surface area (Å²) >= 11 is 3.23. The number of hydrogen-bond acceptors (Lipinski definition) is 4. The maximum atomic E-state index is 14.1. The van der Waals surface area contributed by atoms with Crippen LogP contribution in [0.3, 0.4) is 0 Å². The average Bonchev–Trinajstić information content (AvgIpc) is 2.37. The van der Waals surface area contributed by atoms with Crippen LogP contribution in [0.2, 0.25) is 0 Å². The van der Waals surface area contributed by atoms with Crippen LogP contribution < -0.4 is 10.2 Å². The summed E-state index contributed by atoms with van der Waals surface area (Å²) < 4.78 is 19.6. The topological polar surface area (TPSA) is 67.8 Å². The summed E-state index contributed by atoms with van der Waals surface area (Å²) in [5, 5.41) is 3.98. The van der Waals surface area contributed by atoms with Gasteiger partial charge in [-0.2, -0.15) is 5.10 Å². The van der Waals surface area contributed by atoms with Crippen LogP contribution in [0.25, 0.3) is 0 Å². The predicted molar refractivity (Wildman–Crippen MR) is 78.7 cm³/mol. The third-order valence-electron chi connectivity index (χ3n) is 2.97. The first-order valence-corrected chi connectivity index (χ1v) is 7.16. The fourth-order valence-electron chi connectivity index (χ4n) is 2.02. The smallest absolute Gasteiger partial charge is 0.240 e. The Bertz CT molecular complexity index is 608. The summed E-state index contributed by atoms with van der Waals surface area (Å²) in [7, 11) is 0. The van der Waals surface area contributed by atoms with Crippen molar-refractivity contribution in [2.24, 2.45) is 11.0 Å². The SMILES string of the molecule is CC(=O)COc1c(F)cc(C2=NNC(=O)CC2C)cc1Br. The highest BCUT2D eigenvalue weighted by Gasteiger charge is 2.23. The minimum atomic E-state index is -0.590. The number of hydrazone groups is 1. The summed E-state index contributed by atoms with van der Waals surface area (Å²) in [6, 6.07) is 2.94. The van der Waals surface area contributed by atoms with Gasteiger partial charge in [-0.1, -0.05) is 6.92 Å². The largest absolute Gasteiger partial charge is 0.482 e. The fourth-order valence-corrected chi connectivity index (χ4v) is 2.57. The molecule has 1 unspecified atom stereocenters. The van der Waals surface area contributed by atoms with E-state index < -0.39 is 5.82 Å². The minimum Gasteiger partial charge on any atom is -0.482 e. The first-order valence-electron chi connectivity index (χ1n) is 6.36. The van der Waals surface area contributed by atoms with Gasteiger partial charge in [-0.05, 0) is 35.0 Å². The van der Waals surface area contributed by atoms with Gasteiger partial charge in [0, 0.05) is 17.9 Å². The second-order valence-corrected chi connectivity index (χ2v) is 5.75. The standard InChI is InChI=1S/C14H14BrFN2O3/c1-7-3-12(20)17-18-13(7)9-4-10(15)14(11(16)5-9)21-6-8(2)19/h4-5,7H,3,6H2,1-2H3,(H,17,20). The molecule has 0 spiro atoms. The summed E-state index contributed by atoms with van der Waals surface area (Å²) in [5.74, 6) is -1.06. The maximum absolute atomic E-state index is 14.1. The van der Waals surface area contributed by atoms with E-state index >= 15 is 0 Å². The number of rotatable bonds is 4. The number of amides is 1. The molecule has 0 saturated carbocycles. The van der Waals surface area contributed by atoms with E-state index in [2.05, 4.69) is 26.5 Å². The van der Waals surface area contributed by atoms with Crippen LogP contribution in [0.4, 0.5) is 4.39 Å². The van der Waals surface area contributed by atoms with Gasteiger partial charge in [-0.3, -0.25) is 9.59 Å². The number of hydrogen-bond donors (Lipinski definition) is 1. The molecular weight excluding hydrogens is 343 g/mol. The van der Waals surface area contributed by atoms with Crippen molar-refractivity contribution in [3.8, 4) is 5.75 Å². The molecular formula is C14H14BrFN2O3. The van der Waals surface area contributed by atoms with Crippen molar-refractivity contribution in [2.45, 2.75) is 20.3 Å². The zero-order valence-electron chi connectivity index (χ0n) is 11.6. The fraction of sp³-hybridized carbons (Fsp3) is 0.357. The lowest BCUT2D eigenvalue weighted by Gasteiger charge is -2.20.